The van der Waals surface area contributed by atoms with Gasteiger partial charge in [0.1, 0.15) is 12.4 Å². The summed E-state index contributed by atoms with van der Waals surface area (Å²) < 4.78 is 7.02. The first-order chi connectivity index (χ1) is 11.1. The predicted octanol–water partition coefficient (Wildman–Crippen LogP) is 1.99. The minimum Gasteiger partial charge on any atom is -0.383 e. The van der Waals surface area contributed by atoms with Crippen LogP contribution in [-0.4, -0.2) is 41.0 Å². The Labute approximate surface area is 163 Å². The molecule has 2 aromatic heterocycles. The molecular weight excluding hydrogens is 439 g/mol. The summed E-state index contributed by atoms with van der Waals surface area (Å²) in [5.41, 5.74) is 0. The largest absolute Gasteiger partial charge is 0.383 e. The summed E-state index contributed by atoms with van der Waals surface area (Å²) in [6.45, 7) is 6.58. The third-order valence-corrected chi connectivity index (χ3v) is 4.39. The Bertz CT molecular complexity index is 654. The molecular formula is C15H25IN6OS. The first-order valence-corrected chi connectivity index (χ1v) is 8.33. The molecule has 0 aromatic carbocycles. The minimum atomic E-state index is 0. The van der Waals surface area contributed by atoms with E-state index in [1.807, 2.05) is 18.5 Å². The lowest BCUT2D eigenvalue weighted by molar-refractivity contribution is 0.203. The highest BCUT2D eigenvalue weighted by molar-refractivity contribution is 14.0. The maximum Gasteiger partial charge on any atom is 0.192 e. The number of nitrogens with one attached hydrogen (secondary N) is 2. The van der Waals surface area contributed by atoms with Gasteiger partial charge < -0.3 is 19.9 Å². The van der Waals surface area contributed by atoms with Crippen molar-refractivity contribution in [2.45, 2.75) is 26.9 Å². The molecule has 0 aliphatic rings. The van der Waals surface area contributed by atoms with Crippen molar-refractivity contribution in [1.82, 2.24) is 25.4 Å². The van der Waals surface area contributed by atoms with Gasteiger partial charge in [-0.2, -0.15) is 0 Å². The van der Waals surface area contributed by atoms with Gasteiger partial charge in [0.15, 0.2) is 11.8 Å². The van der Waals surface area contributed by atoms with Crippen LogP contribution in [0, 0.1) is 13.8 Å². The number of thiophene rings is 1. The molecule has 0 bridgehead atoms. The zero-order valence-corrected chi connectivity index (χ0v) is 17.6. The van der Waals surface area contributed by atoms with Gasteiger partial charge in [0.2, 0.25) is 0 Å². The quantitative estimate of drug-likeness (QED) is 0.284. The lowest BCUT2D eigenvalue weighted by Crippen LogP contribution is -2.38. The van der Waals surface area contributed by atoms with Gasteiger partial charge in [0.25, 0.3) is 0 Å². The third kappa shape index (κ3) is 6.36. The molecule has 0 aliphatic heterocycles. The monoisotopic (exact) mass is 464 g/mol. The van der Waals surface area contributed by atoms with Crippen LogP contribution in [0.2, 0.25) is 0 Å². The summed E-state index contributed by atoms with van der Waals surface area (Å²) in [7, 11) is 3.63. The lowest BCUT2D eigenvalue weighted by atomic mass is 10.4. The molecule has 0 radical (unpaired) electrons. The number of hydrogen-bond donors (Lipinski definition) is 2. The molecule has 7 nitrogen and oxygen atoms in total. The van der Waals surface area contributed by atoms with Gasteiger partial charge in [-0.3, -0.25) is 0 Å². The number of methoxy groups -OCH3 is 1. The van der Waals surface area contributed by atoms with E-state index in [1.165, 1.54) is 9.75 Å². The molecule has 2 rings (SSSR count). The van der Waals surface area contributed by atoms with E-state index in [9.17, 15) is 0 Å². The van der Waals surface area contributed by atoms with Gasteiger partial charge in [0.05, 0.1) is 13.2 Å². The van der Waals surface area contributed by atoms with Crippen molar-refractivity contribution >= 4 is 41.3 Å². The average Bonchev–Trinajstić information content (AvgIpc) is 3.09. The SMILES string of the molecule is COCCNC(=NCc1nnc(C)n1C)NCc1ccc(C)s1.I. The topological polar surface area (TPSA) is 76.4 Å². The maximum atomic E-state index is 5.07. The van der Waals surface area contributed by atoms with Crippen molar-refractivity contribution in [1.29, 1.82) is 0 Å². The van der Waals surface area contributed by atoms with Crippen molar-refractivity contribution in [2.24, 2.45) is 12.0 Å². The Kier molecular flexibility index (Phi) is 9.22. The molecule has 0 amide bonds. The van der Waals surface area contributed by atoms with Gasteiger partial charge in [0, 0.05) is 30.5 Å². The van der Waals surface area contributed by atoms with E-state index in [2.05, 4.69) is 44.9 Å². The van der Waals surface area contributed by atoms with Crippen LogP contribution in [0.25, 0.3) is 0 Å². The third-order valence-electron chi connectivity index (χ3n) is 3.39. The second-order valence-corrected chi connectivity index (χ2v) is 6.55. The standard InChI is InChI=1S/C15H24N6OS.HI/c1-11-5-6-13(23-11)9-17-15(16-7-8-22-4)18-10-14-20-19-12(2)21(14)3;/h5-6H,7-10H2,1-4H3,(H2,16,17,18);1H. The van der Waals surface area contributed by atoms with Crippen molar-refractivity contribution in [3.63, 3.8) is 0 Å². The fourth-order valence-corrected chi connectivity index (χ4v) is 2.77. The molecule has 2 aromatic rings. The summed E-state index contributed by atoms with van der Waals surface area (Å²) in [5, 5.41) is 14.8. The van der Waals surface area contributed by atoms with E-state index in [0.29, 0.717) is 19.7 Å². The molecule has 0 saturated carbocycles. The van der Waals surface area contributed by atoms with E-state index in [4.69, 9.17) is 4.74 Å². The van der Waals surface area contributed by atoms with Crippen LogP contribution >= 0.6 is 35.3 Å². The van der Waals surface area contributed by atoms with Crippen LogP contribution in [0.5, 0.6) is 0 Å². The number of aromatic nitrogens is 3. The molecule has 2 heterocycles. The van der Waals surface area contributed by atoms with Gasteiger partial charge in [-0.1, -0.05) is 0 Å². The molecule has 2 N–H and O–H groups in total. The van der Waals surface area contributed by atoms with Crippen molar-refractivity contribution in [3.05, 3.63) is 33.5 Å². The maximum absolute atomic E-state index is 5.07. The van der Waals surface area contributed by atoms with Gasteiger partial charge in [-0.15, -0.1) is 45.5 Å². The van der Waals surface area contributed by atoms with Gasteiger partial charge >= 0.3 is 0 Å². The fraction of sp³-hybridized carbons (Fsp3) is 0.533. The highest BCUT2D eigenvalue weighted by Gasteiger charge is 2.05. The molecule has 24 heavy (non-hydrogen) atoms. The molecule has 0 unspecified atom stereocenters. The Morgan fingerprint density at radius 2 is 2.08 bits per heavy atom. The number of ether oxygens (including phenoxy) is 1. The van der Waals surface area contributed by atoms with E-state index in [1.54, 1.807) is 18.4 Å². The van der Waals surface area contributed by atoms with E-state index >= 15 is 0 Å². The summed E-state index contributed by atoms with van der Waals surface area (Å²) in [6.07, 6.45) is 0. The molecule has 134 valence electrons. The smallest absolute Gasteiger partial charge is 0.192 e. The van der Waals surface area contributed by atoms with Crippen LogP contribution in [0.1, 0.15) is 21.4 Å². The van der Waals surface area contributed by atoms with Crippen molar-refractivity contribution in [3.8, 4) is 0 Å². The highest BCUT2D eigenvalue weighted by Crippen LogP contribution is 2.14. The van der Waals surface area contributed by atoms with Crippen LogP contribution in [0.15, 0.2) is 17.1 Å². The van der Waals surface area contributed by atoms with Crippen LogP contribution in [-0.2, 0) is 24.9 Å². The molecule has 0 atom stereocenters. The zero-order valence-electron chi connectivity index (χ0n) is 14.5. The van der Waals surface area contributed by atoms with Gasteiger partial charge in [-0.25, -0.2) is 4.99 Å². The number of aliphatic imine (C=N–C) groups is 1. The Hall–Kier alpha value is -1.20. The Morgan fingerprint density at radius 1 is 1.29 bits per heavy atom. The number of hydrogen-bond acceptors (Lipinski definition) is 5. The fourth-order valence-electron chi connectivity index (χ4n) is 1.94. The molecule has 0 fully saturated rings. The van der Waals surface area contributed by atoms with Crippen LogP contribution in [0.4, 0.5) is 0 Å². The number of nitrogens with zero attached hydrogens (tertiary/aromatic N) is 4. The molecule has 0 aliphatic carbocycles. The molecule has 9 heteroatoms. The first kappa shape index (κ1) is 20.8. The average molecular weight is 464 g/mol. The molecule has 0 saturated heterocycles. The van der Waals surface area contributed by atoms with E-state index in [-0.39, 0.29) is 24.0 Å². The lowest BCUT2D eigenvalue weighted by Gasteiger charge is -2.11. The summed E-state index contributed by atoms with van der Waals surface area (Å²) >= 11 is 1.78. The summed E-state index contributed by atoms with van der Waals surface area (Å²) in [4.78, 5) is 7.17. The summed E-state index contributed by atoms with van der Waals surface area (Å²) in [5.74, 6) is 2.46. The Balaban J connectivity index is 0.00000288. The minimum absolute atomic E-state index is 0. The predicted molar refractivity (Wildman–Crippen MR) is 108 cm³/mol. The Morgan fingerprint density at radius 3 is 2.67 bits per heavy atom. The van der Waals surface area contributed by atoms with Gasteiger partial charge in [-0.05, 0) is 26.0 Å². The van der Waals surface area contributed by atoms with Crippen molar-refractivity contribution in [2.75, 3.05) is 20.3 Å². The van der Waals surface area contributed by atoms with E-state index in [0.717, 1.165) is 24.2 Å². The van der Waals surface area contributed by atoms with Crippen molar-refractivity contribution < 1.29 is 4.74 Å². The second-order valence-electron chi connectivity index (χ2n) is 5.17. The number of guanidine groups is 1. The van der Waals surface area contributed by atoms with E-state index < -0.39 is 0 Å². The normalized spacial score (nSPS) is 11.2. The van der Waals surface area contributed by atoms with Crippen LogP contribution in [0.3, 0.4) is 0 Å². The number of halogens is 1. The zero-order chi connectivity index (χ0) is 16.7. The molecule has 0 spiro atoms. The number of aryl methyl sites for hydroxylation is 2. The highest BCUT2D eigenvalue weighted by atomic mass is 127. The first-order valence-electron chi connectivity index (χ1n) is 7.51. The number of rotatable bonds is 7. The second kappa shape index (κ2) is 10.6. The summed E-state index contributed by atoms with van der Waals surface area (Å²) in [6, 6.07) is 4.25. The van der Waals surface area contributed by atoms with Crippen LogP contribution < -0.4 is 10.6 Å².